The van der Waals surface area contributed by atoms with Crippen molar-refractivity contribution in [2.75, 3.05) is 18.0 Å². The van der Waals surface area contributed by atoms with Crippen molar-refractivity contribution in [2.24, 2.45) is 0 Å². The quantitative estimate of drug-likeness (QED) is 0.821. The van der Waals surface area contributed by atoms with Gasteiger partial charge in [0.05, 0.1) is 5.60 Å². The van der Waals surface area contributed by atoms with Crippen LogP contribution < -0.4 is 4.90 Å². The van der Waals surface area contributed by atoms with Crippen LogP contribution in [-0.2, 0) is 0 Å². The van der Waals surface area contributed by atoms with Crippen molar-refractivity contribution < 1.29 is 5.11 Å². The number of fused-ring (bicyclic) bond motifs is 1. The first-order chi connectivity index (χ1) is 8.64. The van der Waals surface area contributed by atoms with Crippen molar-refractivity contribution in [3.05, 3.63) is 24.5 Å². The minimum absolute atomic E-state index is 0.617. The summed E-state index contributed by atoms with van der Waals surface area (Å²) in [5, 5.41) is 10.1. The topological polar surface area (TPSA) is 62.1 Å². The highest BCUT2D eigenvalue weighted by Gasteiger charge is 2.29. The predicted octanol–water partition coefficient (Wildman–Crippen LogP) is 1.38. The summed E-state index contributed by atoms with van der Waals surface area (Å²) < 4.78 is 0. The molecule has 0 saturated carbocycles. The summed E-state index contributed by atoms with van der Waals surface area (Å²) in [5.41, 5.74) is 0.822. The van der Waals surface area contributed by atoms with Crippen LogP contribution in [0.15, 0.2) is 24.5 Å². The van der Waals surface area contributed by atoms with E-state index in [1.807, 2.05) is 19.1 Å². The molecule has 2 aromatic rings. The molecule has 1 saturated heterocycles. The summed E-state index contributed by atoms with van der Waals surface area (Å²) in [7, 11) is 0. The van der Waals surface area contributed by atoms with E-state index in [1.54, 1.807) is 12.4 Å². The number of hydrogen-bond donors (Lipinski definition) is 1. The number of aliphatic hydroxyl groups is 1. The van der Waals surface area contributed by atoms with Gasteiger partial charge in [-0.2, -0.15) is 0 Å². The van der Waals surface area contributed by atoms with E-state index in [1.165, 1.54) is 0 Å². The fourth-order valence-electron chi connectivity index (χ4n) is 2.44. The second kappa shape index (κ2) is 4.17. The number of aromatic nitrogens is 3. The summed E-state index contributed by atoms with van der Waals surface area (Å²) >= 11 is 0. The van der Waals surface area contributed by atoms with Crippen LogP contribution in [0.1, 0.15) is 19.8 Å². The molecule has 0 aliphatic carbocycles. The highest BCUT2D eigenvalue weighted by molar-refractivity contribution is 5.71. The Hall–Kier alpha value is -1.75. The molecular weight excluding hydrogens is 228 g/mol. The Morgan fingerprint density at radius 1 is 1.28 bits per heavy atom. The summed E-state index contributed by atoms with van der Waals surface area (Å²) in [6, 6.07) is 3.87. The van der Waals surface area contributed by atoms with E-state index < -0.39 is 5.60 Å². The summed E-state index contributed by atoms with van der Waals surface area (Å²) in [5.74, 6) is 0.864. The number of β-amino-alcohol motifs (C(OH)–C–C–N with tert-alkyl or cyclic N) is 1. The lowest BCUT2D eigenvalue weighted by Gasteiger charge is -2.37. The summed E-state index contributed by atoms with van der Waals surface area (Å²) in [6.07, 6.45) is 5.13. The van der Waals surface area contributed by atoms with Crippen LogP contribution in [0, 0.1) is 0 Å². The molecule has 1 atom stereocenters. The third-order valence-electron chi connectivity index (χ3n) is 3.32. The molecule has 2 aromatic heterocycles. The smallest absolute Gasteiger partial charge is 0.180 e. The normalized spacial score (nSPS) is 24.4. The van der Waals surface area contributed by atoms with Crippen LogP contribution in [0.25, 0.3) is 11.2 Å². The van der Waals surface area contributed by atoms with E-state index in [4.69, 9.17) is 0 Å². The van der Waals surface area contributed by atoms with Gasteiger partial charge in [0.1, 0.15) is 11.3 Å². The van der Waals surface area contributed by atoms with E-state index in [9.17, 15) is 5.11 Å². The Kier molecular flexibility index (Phi) is 2.63. The maximum Gasteiger partial charge on any atom is 0.180 e. The van der Waals surface area contributed by atoms with Gasteiger partial charge >= 0.3 is 0 Å². The second-order valence-electron chi connectivity index (χ2n) is 5.09. The molecule has 5 nitrogen and oxygen atoms in total. The molecule has 0 spiro atoms. The number of pyridine rings is 1. The summed E-state index contributed by atoms with van der Waals surface area (Å²) in [6.45, 7) is 3.42. The highest BCUT2D eigenvalue weighted by Crippen LogP contribution is 2.25. The van der Waals surface area contributed by atoms with Gasteiger partial charge in [-0.1, -0.05) is 0 Å². The lowest BCUT2D eigenvalue weighted by atomic mass is 9.95. The molecule has 1 aliphatic heterocycles. The average Bonchev–Trinajstić information content (AvgIpc) is 2.37. The molecule has 94 valence electrons. The van der Waals surface area contributed by atoms with E-state index in [-0.39, 0.29) is 0 Å². The summed E-state index contributed by atoms with van der Waals surface area (Å²) in [4.78, 5) is 15.0. The third kappa shape index (κ3) is 2.13. The highest BCUT2D eigenvalue weighted by atomic mass is 16.3. The van der Waals surface area contributed by atoms with Crippen LogP contribution >= 0.6 is 0 Å². The minimum Gasteiger partial charge on any atom is -0.388 e. The van der Waals surface area contributed by atoms with Gasteiger partial charge in [0.25, 0.3) is 0 Å². The van der Waals surface area contributed by atoms with Gasteiger partial charge in [-0.3, -0.25) is 4.98 Å². The number of nitrogens with zero attached hydrogens (tertiary/aromatic N) is 4. The first kappa shape index (κ1) is 11.3. The number of hydrogen-bond acceptors (Lipinski definition) is 5. The van der Waals surface area contributed by atoms with Crippen LogP contribution in [-0.4, -0.2) is 38.7 Å². The molecule has 0 radical (unpaired) electrons. The second-order valence-corrected chi connectivity index (χ2v) is 5.09. The lowest BCUT2D eigenvalue weighted by molar-refractivity contribution is 0.0447. The Balaban J connectivity index is 1.94. The van der Waals surface area contributed by atoms with Gasteiger partial charge in [-0.25, -0.2) is 9.97 Å². The molecule has 18 heavy (non-hydrogen) atoms. The maximum absolute atomic E-state index is 10.1. The molecule has 0 amide bonds. The zero-order valence-corrected chi connectivity index (χ0v) is 10.4. The average molecular weight is 244 g/mol. The number of anilines is 1. The fraction of sp³-hybridized carbons (Fsp3) is 0.462. The van der Waals surface area contributed by atoms with Gasteiger partial charge in [-0.05, 0) is 31.9 Å². The standard InChI is InChI=1S/C13H16N4O/c1-13(18)5-2-8-17(9-13)11-4-3-10-12(16-11)15-7-6-14-10/h3-4,6-7,18H,2,5,8-9H2,1H3. The van der Waals surface area contributed by atoms with Crippen molar-refractivity contribution >= 4 is 17.0 Å². The predicted molar refractivity (Wildman–Crippen MR) is 69.4 cm³/mol. The van der Waals surface area contributed by atoms with Gasteiger partial charge in [-0.15, -0.1) is 0 Å². The van der Waals surface area contributed by atoms with E-state index in [0.717, 1.165) is 30.7 Å². The SMILES string of the molecule is CC1(O)CCCN(c2ccc3nccnc3n2)C1. The Bertz CT molecular complexity index is 570. The largest absolute Gasteiger partial charge is 0.388 e. The molecular formula is C13H16N4O. The lowest BCUT2D eigenvalue weighted by Crippen LogP contribution is -2.46. The van der Waals surface area contributed by atoms with E-state index in [0.29, 0.717) is 12.2 Å². The Labute approximate surface area is 106 Å². The molecule has 1 N–H and O–H groups in total. The Morgan fingerprint density at radius 2 is 2.11 bits per heavy atom. The van der Waals surface area contributed by atoms with Crippen molar-refractivity contribution in [3.8, 4) is 0 Å². The molecule has 0 bridgehead atoms. The molecule has 1 aliphatic rings. The van der Waals surface area contributed by atoms with Crippen LogP contribution in [0.2, 0.25) is 0 Å². The Morgan fingerprint density at radius 3 is 2.94 bits per heavy atom. The molecule has 0 aromatic carbocycles. The number of rotatable bonds is 1. The van der Waals surface area contributed by atoms with Crippen molar-refractivity contribution in [2.45, 2.75) is 25.4 Å². The molecule has 3 heterocycles. The zero-order valence-electron chi connectivity index (χ0n) is 10.4. The molecule has 1 fully saturated rings. The molecule has 5 heteroatoms. The van der Waals surface area contributed by atoms with Crippen LogP contribution in [0.5, 0.6) is 0 Å². The first-order valence-corrected chi connectivity index (χ1v) is 6.19. The monoisotopic (exact) mass is 244 g/mol. The van der Waals surface area contributed by atoms with Gasteiger partial charge < -0.3 is 10.0 Å². The van der Waals surface area contributed by atoms with Gasteiger partial charge in [0, 0.05) is 25.5 Å². The van der Waals surface area contributed by atoms with Crippen molar-refractivity contribution in [3.63, 3.8) is 0 Å². The van der Waals surface area contributed by atoms with Crippen LogP contribution in [0.4, 0.5) is 5.82 Å². The van der Waals surface area contributed by atoms with Crippen molar-refractivity contribution in [1.82, 2.24) is 15.0 Å². The van der Waals surface area contributed by atoms with Crippen LogP contribution in [0.3, 0.4) is 0 Å². The maximum atomic E-state index is 10.1. The zero-order chi connectivity index (χ0) is 12.6. The number of piperidine rings is 1. The van der Waals surface area contributed by atoms with E-state index >= 15 is 0 Å². The molecule has 1 unspecified atom stereocenters. The fourth-order valence-corrected chi connectivity index (χ4v) is 2.44. The van der Waals surface area contributed by atoms with E-state index in [2.05, 4.69) is 19.9 Å². The minimum atomic E-state index is -0.628. The molecule has 3 rings (SSSR count). The van der Waals surface area contributed by atoms with Gasteiger partial charge in [0.15, 0.2) is 5.65 Å². The third-order valence-corrected chi connectivity index (χ3v) is 3.32. The van der Waals surface area contributed by atoms with Crippen molar-refractivity contribution in [1.29, 1.82) is 0 Å². The van der Waals surface area contributed by atoms with Gasteiger partial charge in [0.2, 0.25) is 0 Å². The first-order valence-electron chi connectivity index (χ1n) is 6.19.